The second kappa shape index (κ2) is 3.53. The van der Waals surface area contributed by atoms with Gasteiger partial charge >= 0.3 is 0 Å². The second-order valence-corrected chi connectivity index (χ2v) is 8.87. The highest BCUT2D eigenvalue weighted by atomic mass is 28.3. The lowest BCUT2D eigenvalue weighted by Gasteiger charge is -2.25. The summed E-state index contributed by atoms with van der Waals surface area (Å²) in [5.41, 5.74) is 0. The van der Waals surface area contributed by atoms with Crippen molar-refractivity contribution in [2.24, 2.45) is 0 Å². The largest absolute Gasteiger partial charge is 0.331 e. The van der Waals surface area contributed by atoms with Gasteiger partial charge in [0.2, 0.25) is 0 Å². The normalized spacial score (nSPS) is 31.7. The molecule has 1 heterocycles. The Balaban J connectivity index is 2.23. The number of hydrogen-bond donors (Lipinski definition) is 0. The molecule has 0 spiro atoms. The van der Waals surface area contributed by atoms with Crippen LogP contribution in [0, 0.1) is 0 Å². The van der Waals surface area contributed by atoms with Gasteiger partial charge in [-0.2, -0.15) is 0 Å². The molecule has 0 aromatic carbocycles. The Hall–Kier alpha value is 0.394. The molecule has 1 aliphatic heterocycles. The molecule has 9 heavy (non-hydrogen) atoms. The summed E-state index contributed by atoms with van der Waals surface area (Å²) in [6.07, 6.45) is 0. The number of rotatable bonds is 1. The van der Waals surface area contributed by atoms with E-state index in [9.17, 15) is 0 Å². The summed E-state index contributed by atoms with van der Waals surface area (Å²) in [6.45, 7) is 0. The number of hydrogen-bond acceptors (Lipinski definition) is 1. The van der Waals surface area contributed by atoms with Crippen LogP contribution < -0.4 is 0 Å². The van der Waals surface area contributed by atoms with Gasteiger partial charge in [-0.05, 0) is 26.2 Å². The first kappa shape index (κ1) is 7.50. The van der Waals surface area contributed by atoms with Crippen LogP contribution in [0.1, 0.15) is 0 Å². The minimum Gasteiger partial charge on any atom is -0.331 e. The average molecular weight is 159 g/mol. The van der Waals surface area contributed by atoms with Crippen LogP contribution in [0.25, 0.3) is 0 Å². The molecule has 0 unspecified atom stereocenters. The molecule has 0 N–H and O–H groups in total. The summed E-state index contributed by atoms with van der Waals surface area (Å²) < 4.78 is 2.52. The predicted molar refractivity (Wildman–Crippen MR) is 48.6 cm³/mol. The van der Waals surface area contributed by atoms with E-state index in [2.05, 4.69) is 18.7 Å². The van der Waals surface area contributed by atoms with Crippen molar-refractivity contribution in [3.05, 3.63) is 0 Å². The first-order chi connectivity index (χ1) is 4.30. The molecule has 0 atom stereocenters. The Kier molecular flexibility index (Phi) is 2.95. The Morgan fingerprint density at radius 2 is 1.78 bits per heavy atom. The monoisotopic (exact) mass is 159 g/mol. The fraction of sp³-hybridized carbons (Fsp3) is 1.00. The molecule has 0 aromatic heterocycles. The molecule has 0 radical (unpaired) electrons. The molecule has 0 saturated carbocycles. The third-order valence-electron chi connectivity index (χ3n) is 2.30. The van der Waals surface area contributed by atoms with Crippen LogP contribution in [0.5, 0.6) is 0 Å². The maximum Gasteiger partial charge on any atom is 0.110 e. The summed E-state index contributed by atoms with van der Waals surface area (Å²) >= 11 is 0. The molecule has 1 saturated heterocycles. The zero-order valence-corrected chi connectivity index (χ0v) is 9.13. The summed E-state index contributed by atoms with van der Waals surface area (Å²) in [7, 11) is 4.66. The van der Waals surface area contributed by atoms with Crippen molar-refractivity contribution in [1.29, 1.82) is 0 Å². The molecular formula is C6H17NSi2. The van der Waals surface area contributed by atoms with E-state index in [1.807, 2.05) is 0 Å². The zero-order chi connectivity index (χ0) is 6.69. The molecule has 54 valence electrons. The highest BCUT2D eigenvalue weighted by Gasteiger charge is 2.16. The standard InChI is InChI=1S/C6H17NSi2/c1-7(2)9-5-3-8-4-6-9/h9H,3-6,8H2,1-2H3. The average Bonchev–Trinajstić information content (AvgIpc) is 1.90. The summed E-state index contributed by atoms with van der Waals surface area (Å²) in [4.78, 5) is 0. The molecule has 0 aromatic rings. The Labute approximate surface area is 61.9 Å². The van der Waals surface area contributed by atoms with Gasteiger partial charge in [-0.1, -0.05) is 12.1 Å². The van der Waals surface area contributed by atoms with Crippen LogP contribution in [-0.2, 0) is 0 Å². The molecule has 1 nitrogen and oxygen atoms in total. The van der Waals surface area contributed by atoms with Crippen LogP contribution in [0.4, 0.5) is 0 Å². The quantitative estimate of drug-likeness (QED) is 0.497. The molecule has 3 heteroatoms. The zero-order valence-electron chi connectivity index (χ0n) is 6.56. The summed E-state index contributed by atoms with van der Waals surface area (Å²) in [6, 6.07) is 6.54. The highest BCUT2D eigenvalue weighted by molar-refractivity contribution is 6.60. The van der Waals surface area contributed by atoms with E-state index in [0.717, 1.165) is 0 Å². The third-order valence-corrected chi connectivity index (χ3v) is 9.36. The van der Waals surface area contributed by atoms with Crippen molar-refractivity contribution >= 4 is 18.5 Å². The van der Waals surface area contributed by atoms with Gasteiger partial charge in [-0.3, -0.25) is 0 Å². The van der Waals surface area contributed by atoms with Crippen molar-refractivity contribution in [2.45, 2.75) is 24.2 Å². The lowest BCUT2D eigenvalue weighted by atomic mass is 10.9. The predicted octanol–water partition coefficient (Wildman–Crippen LogP) is 0.291. The van der Waals surface area contributed by atoms with Gasteiger partial charge in [0.1, 0.15) is 8.96 Å². The third kappa shape index (κ3) is 2.23. The molecular weight excluding hydrogens is 142 g/mol. The van der Waals surface area contributed by atoms with E-state index in [1.54, 1.807) is 24.2 Å². The van der Waals surface area contributed by atoms with Gasteiger partial charge in [-0.15, -0.1) is 0 Å². The first-order valence-corrected chi connectivity index (χ1v) is 8.12. The number of nitrogens with zero attached hydrogens (tertiary/aromatic N) is 1. The van der Waals surface area contributed by atoms with Crippen molar-refractivity contribution in [1.82, 2.24) is 4.57 Å². The summed E-state index contributed by atoms with van der Waals surface area (Å²) in [5.74, 6) is 0. The Morgan fingerprint density at radius 1 is 1.22 bits per heavy atom. The Bertz CT molecular complexity index is 79.1. The van der Waals surface area contributed by atoms with Gasteiger partial charge in [0.15, 0.2) is 0 Å². The van der Waals surface area contributed by atoms with Gasteiger partial charge in [0.25, 0.3) is 0 Å². The highest BCUT2D eigenvalue weighted by Crippen LogP contribution is 2.15. The first-order valence-electron chi connectivity index (χ1n) is 3.97. The van der Waals surface area contributed by atoms with E-state index in [1.165, 1.54) is 0 Å². The molecule has 0 aliphatic carbocycles. The van der Waals surface area contributed by atoms with E-state index in [-0.39, 0.29) is 8.96 Å². The minimum atomic E-state index is -0.331. The van der Waals surface area contributed by atoms with Gasteiger partial charge < -0.3 is 4.57 Å². The van der Waals surface area contributed by atoms with Gasteiger partial charge in [0.05, 0.1) is 0 Å². The second-order valence-electron chi connectivity index (χ2n) is 3.26. The SMILES string of the molecule is CN(C)[SiH]1CC[SiH2]CC1. The molecule has 0 amide bonds. The van der Waals surface area contributed by atoms with Crippen LogP contribution in [0.15, 0.2) is 0 Å². The topological polar surface area (TPSA) is 3.24 Å². The smallest absolute Gasteiger partial charge is 0.110 e. The Morgan fingerprint density at radius 3 is 2.11 bits per heavy atom. The van der Waals surface area contributed by atoms with Gasteiger partial charge in [-0.25, -0.2) is 0 Å². The van der Waals surface area contributed by atoms with Crippen LogP contribution in [0.3, 0.4) is 0 Å². The summed E-state index contributed by atoms with van der Waals surface area (Å²) in [5, 5.41) is 0. The molecule has 1 rings (SSSR count). The lowest BCUT2D eigenvalue weighted by molar-refractivity contribution is 0.631. The molecule has 1 aliphatic rings. The van der Waals surface area contributed by atoms with Crippen LogP contribution in [0.2, 0.25) is 24.2 Å². The van der Waals surface area contributed by atoms with Crippen molar-refractivity contribution in [2.75, 3.05) is 14.1 Å². The van der Waals surface area contributed by atoms with Crippen LogP contribution >= 0.6 is 0 Å². The van der Waals surface area contributed by atoms with E-state index in [4.69, 9.17) is 0 Å². The van der Waals surface area contributed by atoms with Crippen molar-refractivity contribution < 1.29 is 0 Å². The molecule has 1 fully saturated rings. The van der Waals surface area contributed by atoms with E-state index >= 15 is 0 Å². The van der Waals surface area contributed by atoms with E-state index < -0.39 is 0 Å². The maximum absolute atomic E-state index is 2.52. The fourth-order valence-corrected chi connectivity index (χ4v) is 9.35. The lowest BCUT2D eigenvalue weighted by Crippen LogP contribution is -2.34. The minimum absolute atomic E-state index is 0.331. The van der Waals surface area contributed by atoms with Crippen LogP contribution in [-0.4, -0.2) is 37.1 Å². The fourth-order valence-electron chi connectivity index (χ4n) is 1.60. The van der Waals surface area contributed by atoms with E-state index in [0.29, 0.717) is 9.52 Å². The van der Waals surface area contributed by atoms with Crippen molar-refractivity contribution in [3.8, 4) is 0 Å². The van der Waals surface area contributed by atoms with Gasteiger partial charge in [0, 0.05) is 9.52 Å². The maximum atomic E-state index is 2.52. The molecule has 0 bridgehead atoms. The van der Waals surface area contributed by atoms with Crippen molar-refractivity contribution in [3.63, 3.8) is 0 Å².